The fourth-order valence-electron chi connectivity index (χ4n) is 3.60. The number of ether oxygens (including phenoxy) is 2. The van der Waals surface area contributed by atoms with Crippen LogP contribution in [0.2, 0.25) is 5.02 Å². The first kappa shape index (κ1) is 29.1. The Balaban J connectivity index is 2.15. The van der Waals surface area contributed by atoms with Gasteiger partial charge in [0.1, 0.15) is 12.2 Å². The van der Waals surface area contributed by atoms with E-state index in [1.807, 2.05) is 0 Å². The van der Waals surface area contributed by atoms with Crippen LogP contribution in [0.5, 0.6) is 0 Å². The van der Waals surface area contributed by atoms with Crippen LogP contribution >= 0.6 is 46.4 Å². The summed E-state index contributed by atoms with van der Waals surface area (Å²) in [6.45, 7) is 4.78. The highest BCUT2D eigenvalue weighted by atomic mass is 35.6. The summed E-state index contributed by atoms with van der Waals surface area (Å²) in [7, 11) is -3.72. The second-order valence-electron chi connectivity index (χ2n) is 9.09. The van der Waals surface area contributed by atoms with E-state index >= 15 is 0 Å². The third kappa shape index (κ3) is 10.2. The molecular weight excluding hydrogens is 550 g/mol. The monoisotopic (exact) mass is 576 g/mol. The maximum absolute atomic E-state index is 13.1. The SMILES string of the molecule is CC(C)(C)OC(=O)NC1CCC(NC(=O)OCC(Cl)(Cl)Cl)C(CS(=O)(=O)c2ccc(Cl)cc2)C1. The van der Waals surface area contributed by atoms with Crippen molar-refractivity contribution in [3.8, 4) is 0 Å². The first-order valence-corrected chi connectivity index (χ1v) is 13.7. The van der Waals surface area contributed by atoms with Crippen LogP contribution in [0.4, 0.5) is 9.59 Å². The molecule has 2 N–H and O–H groups in total. The van der Waals surface area contributed by atoms with E-state index in [1.165, 1.54) is 24.3 Å². The van der Waals surface area contributed by atoms with Gasteiger partial charge >= 0.3 is 12.2 Å². The fraction of sp³-hybridized carbons (Fsp3) is 0.619. The quantitative estimate of drug-likeness (QED) is 0.445. The zero-order chi connectivity index (χ0) is 25.7. The van der Waals surface area contributed by atoms with Crippen LogP contribution < -0.4 is 10.6 Å². The van der Waals surface area contributed by atoms with Crippen LogP contribution in [0.15, 0.2) is 29.2 Å². The third-order valence-corrected chi connectivity index (χ3v) is 7.42. The van der Waals surface area contributed by atoms with Crippen molar-refractivity contribution in [2.24, 2.45) is 5.92 Å². The van der Waals surface area contributed by atoms with E-state index in [4.69, 9.17) is 55.9 Å². The maximum atomic E-state index is 13.1. The number of carbonyl (C=O) groups is 2. The fourth-order valence-corrected chi connectivity index (χ4v) is 5.57. The van der Waals surface area contributed by atoms with Crippen molar-refractivity contribution in [3.05, 3.63) is 29.3 Å². The van der Waals surface area contributed by atoms with Gasteiger partial charge in [0, 0.05) is 17.1 Å². The average molecular weight is 578 g/mol. The lowest BCUT2D eigenvalue weighted by atomic mass is 9.82. The number of sulfone groups is 1. The molecular formula is C21H28Cl4N2O6S. The Bertz CT molecular complexity index is 961. The van der Waals surface area contributed by atoms with Crippen molar-refractivity contribution in [2.75, 3.05) is 12.4 Å². The molecule has 3 atom stereocenters. The Labute approximate surface area is 219 Å². The van der Waals surface area contributed by atoms with Gasteiger partial charge in [-0.25, -0.2) is 18.0 Å². The second kappa shape index (κ2) is 11.7. The molecule has 1 aliphatic rings. The molecule has 1 aliphatic carbocycles. The molecule has 0 aliphatic heterocycles. The van der Waals surface area contributed by atoms with E-state index in [-0.39, 0.29) is 16.7 Å². The normalized spacial score (nSPS) is 21.4. The summed E-state index contributed by atoms with van der Waals surface area (Å²) < 4.78 is 34.6. The molecule has 2 rings (SSSR count). The number of nitrogens with one attached hydrogen (secondary N) is 2. The predicted molar refractivity (Wildman–Crippen MR) is 133 cm³/mol. The molecule has 1 fully saturated rings. The topological polar surface area (TPSA) is 111 Å². The molecule has 0 bridgehead atoms. The van der Waals surface area contributed by atoms with Crippen molar-refractivity contribution in [3.63, 3.8) is 0 Å². The van der Waals surface area contributed by atoms with Gasteiger partial charge in [0.2, 0.25) is 3.79 Å². The van der Waals surface area contributed by atoms with Crippen molar-refractivity contribution in [2.45, 2.75) is 66.4 Å². The lowest BCUT2D eigenvalue weighted by Gasteiger charge is -2.36. The van der Waals surface area contributed by atoms with Gasteiger partial charge in [0.05, 0.1) is 10.6 Å². The van der Waals surface area contributed by atoms with E-state index in [1.54, 1.807) is 20.8 Å². The summed E-state index contributed by atoms with van der Waals surface area (Å²) in [5.74, 6) is -0.800. The standard InChI is InChI=1S/C21H28Cl4N2O6S/c1-20(2,3)33-19(29)26-15-6-9-17(27-18(28)32-12-21(23,24)25)13(10-15)11-34(30,31)16-7-4-14(22)5-8-16/h4-5,7-8,13,15,17H,6,9-12H2,1-3H3,(H,26,29)(H,27,28). The van der Waals surface area contributed by atoms with Crippen molar-refractivity contribution in [1.29, 1.82) is 0 Å². The molecule has 34 heavy (non-hydrogen) atoms. The highest BCUT2D eigenvalue weighted by Gasteiger charge is 2.37. The number of halogens is 4. The molecule has 0 aromatic heterocycles. The molecule has 192 valence electrons. The van der Waals surface area contributed by atoms with Crippen LogP contribution in [0.1, 0.15) is 40.0 Å². The second-order valence-corrected chi connectivity index (χ2v) is 14.1. The lowest BCUT2D eigenvalue weighted by Crippen LogP contribution is -2.51. The number of carbonyl (C=O) groups excluding carboxylic acids is 2. The van der Waals surface area contributed by atoms with Gasteiger partial charge < -0.3 is 20.1 Å². The Morgan fingerprint density at radius 1 is 1.03 bits per heavy atom. The summed E-state index contributed by atoms with van der Waals surface area (Å²) in [4.78, 5) is 24.6. The molecule has 8 nitrogen and oxygen atoms in total. The van der Waals surface area contributed by atoms with E-state index in [0.717, 1.165) is 0 Å². The first-order valence-electron chi connectivity index (χ1n) is 10.5. The molecule has 3 unspecified atom stereocenters. The minimum Gasteiger partial charge on any atom is -0.445 e. The molecule has 13 heteroatoms. The number of hydrogen-bond donors (Lipinski definition) is 2. The van der Waals surface area contributed by atoms with E-state index < -0.39 is 50.0 Å². The van der Waals surface area contributed by atoms with Crippen molar-refractivity contribution in [1.82, 2.24) is 10.6 Å². The zero-order valence-corrected chi connectivity index (χ0v) is 22.8. The molecule has 0 spiro atoms. The number of rotatable bonds is 6. The van der Waals surface area contributed by atoms with Gasteiger partial charge in [-0.3, -0.25) is 0 Å². The number of alkyl halides is 3. The van der Waals surface area contributed by atoms with Crippen LogP contribution in [-0.2, 0) is 19.3 Å². The molecule has 0 radical (unpaired) electrons. The van der Waals surface area contributed by atoms with E-state index in [0.29, 0.717) is 24.3 Å². The van der Waals surface area contributed by atoms with Gasteiger partial charge in [-0.15, -0.1) is 0 Å². The average Bonchev–Trinajstić information content (AvgIpc) is 2.66. The molecule has 1 saturated carbocycles. The van der Waals surface area contributed by atoms with Crippen LogP contribution in [0, 0.1) is 5.92 Å². The smallest absolute Gasteiger partial charge is 0.407 e. The lowest BCUT2D eigenvalue weighted by molar-refractivity contribution is 0.0478. The molecule has 0 saturated heterocycles. The third-order valence-electron chi connectivity index (χ3n) is 4.98. The summed E-state index contributed by atoms with van der Waals surface area (Å²) in [6.07, 6.45) is -0.244. The predicted octanol–water partition coefficient (Wildman–Crippen LogP) is 5.27. The highest BCUT2D eigenvalue weighted by molar-refractivity contribution is 7.91. The largest absolute Gasteiger partial charge is 0.445 e. The summed E-state index contributed by atoms with van der Waals surface area (Å²) >= 11 is 22.7. The van der Waals surface area contributed by atoms with Crippen molar-refractivity contribution < 1.29 is 27.5 Å². The van der Waals surface area contributed by atoms with E-state index in [9.17, 15) is 18.0 Å². The van der Waals surface area contributed by atoms with Gasteiger partial charge in [-0.05, 0) is 70.2 Å². The molecule has 2 amide bonds. The van der Waals surface area contributed by atoms with Crippen LogP contribution in [0.3, 0.4) is 0 Å². The number of amides is 2. The minimum absolute atomic E-state index is 0.108. The molecule has 1 aromatic carbocycles. The summed E-state index contributed by atoms with van der Waals surface area (Å²) in [5, 5.41) is 5.87. The van der Waals surface area contributed by atoms with Crippen LogP contribution in [-0.4, -0.2) is 54.4 Å². The summed E-state index contributed by atoms with van der Waals surface area (Å²) in [6, 6.07) is 4.96. The maximum Gasteiger partial charge on any atom is 0.407 e. The Kier molecular flexibility index (Phi) is 10.0. The van der Waals surface area contributed by atoms with Gasteiger partial charge in [-0.2, -0.15) is 0 Å². The van der Waals surface area contributed by atoms with Gasteiger partial charge in [-0.1, -0.05) is 46.4 Å². The zero-order valence-electron chi connectivity index (χ0n) is 18.9. The van der Waals surface area contributed by atoms with Gasteiger partial charge in [0.15, 0.2) is 9.84 Å². The highest BCUT2D eigenvalue weighted by Crippen LogP contribution is 2.30. The number of hydrogen-bond acceptors (Lipinski definition) is 6. The minimum atomic E-state index is -3.72. The van der Waals surface area contributed by atoms with Crippen LogP contribution in [0.25, 0.3) is 0 Å². The molecule has 1 aromatic rings. The molecule has 0 heterocycles. The number of alkyl carbamates (subject to hydrolysis) is 2. The van der Waals surface area contributed by atoms with E-state index in [2.05, 4.69) is 10.6 Å². The summed E-state index contributed by atoms with van der Waals surface area (Å²) in [5.41, 5.74) is -0.674. The Morgan fingerprint density at radius 2 is 1.65 bits per heavy atom. The Hall–Kier alpha value is -1.13. The number of benzene rings is 1. The first-order chi connectivity index (χ1) is 15.5. The van der Waals surface area contributed by atoms with Crippen molar-refractivity contribution >= 4 is 68.4 Å². The Morgan fingerprint density at radius 3 is 2.21 bits per heavy atom. The van der Waals surface area contributed by atoms with Gasteiger partial charge in [0.25, 0.3) is 0 Å².